The molecule has 2 aromatic heterocycles. The maximum atomic E-state index is 11.9. The van der Waals surface area contributed by atoms with E-state index < -0.39 is 17.9 Å². The van der Waals surface area contributed by atoms with Gasteiger partial charge in [0, 0.05) is 18.2 Å². The Hall–Kier alpha value is -3.04. The first-order valence-corrected chi connectivity index (χ1v) is 9.66. The lowest BCUT2D eigenvalue weighted by Gasteiger charge is -2.34. The van der Waals surface area contributed by atoms with Crippen molar-refractivity contribution >= 4 is 50.7 Å². The minimum Gasteiger partial charge on any atom is -0.365 e. The Morgan fingerprint density at radius 1 is 1.21 bits per heavy atom. The van der Waals surface area contributed by atoms with Crippen LogP contribution in [0.3, 0.4) is 0 Å². The molecule has 1 unspecified atom stereocenters. The van der Waals surface area contributed by atoms with Crippen molar-refractivity contribution in [1.82, 2.24) is 14.5 Å². The number of aromatic nitrogens is 2. The quantitative estimate of drug-likeness (QED) is 0.526. The average molecular weight is 400 g/mol. The molecule has 9 heteroatoms. The highest BCUT2D eigenvalue weighted by Crippen LogP contribution is 2.29. The fourth-order valence-electron chi connectivity index (χ4n) is 3.27. The molecule has 2 amide bonds. The van der Waals surface area contributed by atoms with Crippen molar-refractivity contribution < 1.29 is 9.59 Å². The molecular weight excluding hydrogens is 376 g/mol. The molecule has 28 heavy (non-hydrogen) atoms. The highest BCUT2D eigenvalue weighted by molar-refractivity contribution is 7.16. The van der Waals surface area contributed by atoms with Crippen molar-refractivity contribution in [2.75, 3.05) is 19.4 Å². The summed E-state index contributed by atoms with van der Waals surface area (Å²) in [7, 11) is 3.72. The topological polar surface area (TPSA) is 124 Å². The fourth-order valence-corrected chi connectivity index (χ4v) is 3.99. The molecule has 0 aliphatic heterocycles. The summed E-state index contributed by atoms with van der Waals surface area (Å²) >= 11 is 1.52. The molecule has 0 radical (unpaired) electrons. The summed E-state index contributed by atoms with van der Waals surface area (Å²) in [6, 6.07) is 8.55. The number of nitrogens with two attached hydrogens (primary N) is 2. The van der Waals surface area contributed by atoms with E-state index in [1.54, 1.807) is 17.6 Å². The van der Waals surface area contributed by atoms with Gasteiger partial charge in [-0.2, -0.15) is 4.98 Å². The van der Waals surface area contributed by atoms with Gasteiger partial charge in [0.25, 0.3) is 11.8 Å². The number of carbonyl (C=O) groups excluding carboxylic acids is 2. The molecule has 8 nitrogen and oxygen atoms in total. The Labute approximate surface area is 166 Å². The van der Waals surface area contributed by atoms with Crippen LogP contribution in [0.1, 0.15) is 23.7 Å². The molecule has 3 rings (SSSR count). The number of hydrogen-bond donors (Lipinski definition) is 3. The number of likely N-dealkylation sites (N-methyl/N-ethyl adjacent to an activating group) is 1. The number of nitrogens with one attached hydrogen (secondary N) is 1. The number of pyridine rings is 1. The second-order valence-electron chi connectivity index (χ2n) is 6.96. The molecule has 2 heterocycles. The van der Waals surface area contributed by atoms with Gasteiger partial charge in [0.1, 0.15) is 5.82 Å². The Morgan fingerprint density at radius 2 is 1.96 bits per heavy atom. The zero-order valence-electron chi connectivity index (χ0n) is 16.0. The molecule has 0 saturated heterocycles. The van der Waals surface area contributed by atoms with E-state index in [4.69, 9.17) is 11.5 Å². The summed E-state index contributed by atoms with van der Waals surface area (Å²) in [6.07, 6.45) is 0.562. The molecule has 0 saturated carbocycles. The van der Waals surface area contributed by atoms with Gasteiger partial charge in [-0.05, 0) is 24.3 Å². The van der Waals surface area contributed by atoms with E-state index >= 15 is 0 Å². The third-order valence-corrected chi connectivity index (χ3v) is 5.62. The summed E-state index contributed by atoms with van der Waals surface area (Å²) in [4.78, 5) is 32.7. The summed E-state index contributed by atoms with van der Waals surface area (Å²) in [5, 5.41) is 3.18. The zero-order chi connectivity index (χ0) is 20.5. The molecule has 1 aromatic carbocycles. The summed E-state index contributed by atoms with van der Waals surface area (Å²) < 4.78 is 1.17. The summed E-state index contributed by atoms with van der Waals surface area (Å²) in [5.41, 5.74) is 14.8. The normalized spacial score (nSPS) is 12.7. The van der Waals surface area contributed by atoms with Crippen LogP contribution in [-0.4, -0.2) is 41.9 Å². The third kappa shape index (κ3) is 3.67. The van der Waals surface area contributed by atoms with Gasteiger partial charge in [-0.3, -0.25) is 14.1 Å². The van der Waals surface area contributed by atoms with E-state index in [9.17, 15) is 9.59 Å². The average Bonchev–Trinajstić information content (AvgIpc) is 3.09. The van der Waals surface area contributed by atoms with E-state index in [0.29, 0.717) is 18.1 Å². The van der Waals surface area contributed by atoms with Gasteiger partial charge in [0.2, 0.25) is 5.82 Å². The molecule has 0 aliphatic carbocycles. The Morgan fingerprint density at radius 3 is 2.61 bits per heavy atom. The van der Waals surface area contributed by atoms with Gasteiger partial charge in [-0.25, -0.2) is 4.98 Å². The molecule has 5 N–H and O–H groups in total. The highest BCUT2D eigenvalue weighted by atomic mass is 32.1. The Kier molecular flexibility index (Phi) is 5.30. The first-order valence-electron chi connectivity index (χ1n) is 8.78. The number of fused-ring (bicyclic) bond motifs is 1. The molecule has 0 aliphatic rings. The van der Waals surface area contributed by atoms with Crippen molar-refractivity contribution in [3.63, 3.8) is 0 Å². The van der Waals surface area contributed by atoms with Crippen molar-refractivity contribution in [2.45, 2.75) is 19.4 Å². The standard InChI is InChI=1S/C19H22N6O2S/c1-4-14(18(21)27)25(2,3)16-8-6-12(17(20)26)19(24-16)23-11-5-7-13-15(9-11)28-10-22-13/h5-10,14H,4H2,1-3H3,(H4-,20,21,23,24,26,27)/p+1. The number of carbonyl (C=O) groups is 2. The first-order chi connectivity index (χ1) is 13.2. The second-order valence-corrected chi connectivity index (χ2v) is 7.84. The van der Waals surface area contributed by atoms with Gasteiger partial charge in [0.15, 0.2) is 6.04 Å². The lowest BCUT2D eigenvalue weighted by Crippen LogP contribution is -2.56. The van der Waals surface area contributed by atoms with Crippen LogP contribution in [0.15, 0.2) is 35.8 Å². The number of quaternary nitrogens is 1. The predicted octanol–water partition coefficient (Wildman–Crippen LogP) is 2.36. The Bertz CT molecular complexity index is 1050. The largest absolute Gasteiger partial charge is 0.365 e. The number of nitrogens with zero attached hydrogens (tertiary/aromatic N) is 3. The number of benzene rings is 1. The van der Waals surface area contributed by atoms with Crippen molar-refractivity contribution in [3.8, 4) is 0 Å². The van der Waals surface area contributed by atoms with Gasteiger partial charge in [-0.15, -0.1) is 11.3 Å². The highest BCUT2D eigenvalue weighted by Gasteiger charge is 2.35. The zero-order valence-corrected chi connectivity index (χ0v) is 16.8. The van der Waals surface area contributed by atoms with E-state index in [2.05, 4.69) is 15.3 Å². The van der Waals surface area contributed by atoms with E-state index in [0.717, 1.165) is 15.9 Å². The monoisotopic (exact) mass is 399 g/mol. The number of rotatable bonds is 7. The van der Waals surface area contributed by atoms with Crippen LogP contribution in [-0.2, 0) is 4.79 Å². The maximum absolute atomic E-state index is 11.9. The summed E-state index contributed by atoms with van der Waals surface area (Å²) in [5.74, 6) is -0.0671. The minimum atomic E-state index is -0.590. The van der Waals surface area contributed by atoms with Crippen LogP contribution >= 0.6 is 11.3 Å². The van der Waals surface area contributed by atoms with Crippen molar-refractivity contribution in [1.29, 1.82) is 0 Å². The van der Waals surface area contributed by atoms with Crippen LogP contribution in [0, 0.1) is 0 Å². The maximum Gasteiger partial charge on any atom is 0.276 e. The van der Waals surface area contributed by atoms with E-state index in [1.807, 2.05) is 39.2 Å². The molecule has 0 fully saturated rings. The SMILES string of the molecule is CCC(C(N)=O)[N+](C)(C)c1ccc(C(N)=O)c(Nc2ccc3ncsc3c2)n1. The first kappa shape index (κ1) is 19.7. The number of anilines is 2. The molecule has 146 valence electrons. The smallest absolute Gasteiger partial charge is 0.276 e. The third-order valence-electron chi connectivity index (χ3n) is 4.82. The van der Waals surface area contributed by atoms with Gasteiger partial charge in [0.05, 0.1) is 35.4 Å². The van der Waals surface area contributed by atoms with Crippen LogP contribution in [0.2, 0.25) is 0 Å². The molecular formula is C19H23N6O2S+. The van der Waals surface area contributed by atoms with Crippen molar-refractivity contribution in [3.05, 3.63) is 41.4 Å². The number of amides is 2. The Balaban J connectivity index is 2.04. The van der Waals surface area contributed by atoms with Gasteiger partial charge >= 0.3 is 0 Å². The van der Waals surface area contributed by atoms with Gasteiger partial charge < -0.3 is 16.8 Å². The van der Waals surface area contributed by atoms with Crippen molar-refractivity contribution in [2.24, 2.45) is 11.5 Å². The predicted molar refractivity (Wildman–Crippen MR) is 113 cm³/mol. The minimum absolute atomic E-state index is 0.160. The second kappa shape index (κ2) is 7.53. The summed E-state index contributed by atoms with van der Waals surface area (Å²) in [6.45, 7) is 1.90. The van der Waals surface area contributed by atoms with E-state index in [-0.39, 0.29) is 10.0 Å². The molecule has 3 aromatic rings. The lowest BCUT2D eigenvalue weighted by molar-refractivity contribution is -0.122. The van der Waals surface area contributed by atoms with Crippen LogP contribution in [0.4, 0.5) is 17.3 Å². The van der Waals surface area contributed by atoms with Gasteiger partial charge in [-0.1, -0.05) is 6.92 Å². The van der Waals surface area contributed by atoms with Crippen LogP contribution in [0.25, 0.3) is 10.2 Å². The van der Waals surface area contributed by atoms with Crippen LogP contribution < -0.4 is 21.3 Å². The number of hydrogen-bond acceptors (Lipinski definition) is 6. The van der Waals surface area contributed by atoms with E-state index in [1.165, 1.54) is 11.3 Å². The number of primary amides is 2. The lowest BCUT2D eigenvalue weighted by atomic mass is 10.1. The number of thiazole rings is 1. The van der Waals surface area contributed by atoms with Crippen LogP contribution in [0.5, 0.6) is 0 Å². The molecule has 0 bridgehead atoms. The molecule has 0 spiro atoms. The fraction of sp³-hybridized carbons (Fsp3) is 0.263. The molecule has 1 atom stereocenters.